The molecule has 0 aliphatic carbocycles. The Bertz CT molecular complexity index is 526. The van der Waals surface area contributed by atoms with Crippen molar-refractivity contribution < 1.29 is 8.42 Å². The lowest BCUT2D eigenvalue weighted by Crippen LogP contribution is -2.17. The van der Waals surface area contributed by atoms with Crippen LogP contribution in [0.4, 0.5) is 5.69 Å². The smallest absolute Gasteiger partial charge is 0.288 e. The number of amidine groups is 1. The van der Waals surface area contributed by atoms with E-state index in [4.69, 9.17) is 11.6 Å². The number of hydrogen-bond donors (Lipinski definition) is 1. The predicted octanol–water partition coefficient (Wildman–Crippen LogP) is 2.16. The monoisotopic (exact) mass is 294 g/mol. The molecule has 0 amide bonds. The third-order valence-corrected chi connectivity index (χ3v) is 4.24. The fraction of sp³-hybridized carbons (Fsp3) is 0. The summed E-state index contributed by atoms with van der Waals surface area (Å²) in [4.78, 5) is 0.115. The maximum atomic E-state index is 11.6. The summed E-state index contributed by atoms with van der Waals surface area (Å²) in [5.41, 5.74) is 0.430. The summed E-state index contributed by atoms with van der Waals surface area (Å²) in [6.07, 6.45) is 0. The van der Waals surface area contributed by atoms with E-state index in [-0.39, 0.29) is 10.2 Å². The van der Waals surface area contributed by atoms with Gasteiger partial charge in [0.25, 0.3) is 10.0 Å². The van der Waals surface area contributed by atoms with E-state index in [1.807, 2.05) is 0 Å². The molecule has 2 rings (SSSR count). The molecule has 0 bridgehead atoms. The van der Waals surface area contributed by atoms with Crippen molar-refractivity contribution in [3.63, 3.8) is 0 Å². The molecular formula is C7H4BrClN2O2S. The predicted molar refractivity (Wildman–Crippen MR) is 58.2 cm³/mol. The van der Waals surface area contributed by atoms with Crippen molar-refractivity contribution in [2.45, 2.75) is 4.90 Å². The zero-order chi connectivity index (χ0) is 10.3. The number of nitrogens with one attached hydrogen (secondary N) is 1. The first-order valence-corrected chi connectivity index (χ1v) is 6.18. The molecule has 0 aromatic heterocycles. The lowest BCUT2D eigenvalue weighted by Gasteiger charge is -2.15. The van der Waals surface area contributed by atoms with E-state index < -0.39 is 10.0 Å². The number of halogens is 2. The lowest BCUT2D eigenvalue weighted by atomic mass is 10.3. The lowest BCUT2D eigenvalue weighted by molar-refractivity contribution is 0.597. The van der Waals surface area contributed by atoms with Crippen molar-refractivity contribution in [3.05, 3.63) is 22.7 Å². The minimum absolute atomic E-state index is 0.115. The SMILES string of the molecule is O=S1(=O)N=C(Cl)Nc2cccc(Br)c21. The first-order valence-electron chi connectivity index (χ1n) is 3.57. The van der Waals surface area contributed by atoms with Crippen LogP contribution in [-0.2, 0) is 10.0 Å². The number of nitrogens with zero attached hydrogens (tertiary/aromatic N) is 1. The van der Waals surface area contributed by atoms with Crippen molar-refractivity contribution in [2.24, 2.45) is 4.40 Å². The van der Waals surface area contributed by atoms with Gasteiger partial charge in [-0.15, -0.1) is 4.40 Å². The number of hydrogen-bond acceptors (Lipinski definition) is 3. The van der Waals surface area contributed by atoms with Crippen molar-refractivity contribution in [2.75, 3.05) is 5.32 Å². The van der Waals surface area contributed by atoms with Gasteiger partial charge >= 0.3 is 0 Å². The molecule has 0 fully saturated rings. The van der Waals surface area contributed by atoms with Crippen LogP contribution in [0.25, 0.3) is 0 Å². The maximum absolute atomic E-state index is 11.6. The molecule has 0 saturated heterocycles. The molecule has 0 spiro atoms. The molecule has 7 heteroatoms. The summed E-state index contributed by atoms with van der Waals surface area (Å²) in [5, 5.41) is 2.52. The molecule has 0 atom stereocenters. The van der Waals surface area contributed by atoms with Crippen LogP contribution in [0.3, 0.4) is 0 Å². The topological polar surface area (TPSA) is 58.5 Å². The highest BCUT2D eigenvalue weighted by molar-refractivity contribution is 9.10. The van der Waals surface area contributed by atoms with Gasteiger partial charge in [0, 0.05) is 4.47 Å². The van der Waals surface area contributed by atoms with E-state index in [1.54, 1.807) is 18.2 Å². The number of benzene rings is 1. The summed E-state index contributed by atoms with van der Waals surface area (Å²) >= 11 is 8.67. The van der Waals surface area contributed by atoms with Crippen molar-refractivity contribution >= 4 is 48.5 Å². The standard InChI is InChI=1S/C7H4BrClN2O2S/c8-4-2-1-3-5-6(4)14(12,13)11-7(9)10-5/h1-3H,(H,10,11). The van der Waals surface area contributed by atoms with Gasteiger partial charge in [0.2, 0.25) is 5.29 Å². The minimum atomic E-state index is -3.68. The van der Waals surface area contributed by atoms with Crippen LogP contribution >= 0.6 is 27.5 Å². The van der Waals surface area contributed by atoms with E-state index in [2.05, 4.69) is 25.6 Å². The largest absolute Gasteiger partial charge is 0.329 e. The molecule has 1 aliphatic rings. The van der Waals surface area contributed by atoms with Crippen LogP contribution in [-0.4, -0.2) is 13.7 Å². The van der Waals surface area contributed by atoms with Gasteiger partial charge in [-0.3, -0.25) is 0 Å². The third kappa shape index (κ3) is 1.53. The normalized spacial score (nSPS) is 18.0. The molecule has 14 heavy (non-hydrogen) atoms. The Hall–Kier alpha value is -0.590. The zero-order valence-electron chi connectivity index (χ0n) is 6.66. The van der Waals surface area contributed by atoms with E-state index in [1.165, 1.54) is 0 Å². The van der Waals surface area contributed by atoms with Gasteiger partial charge in [0.1, 0.15) is 4.90 Å². The van der Waals surface area contributed by atoms with Crippen LogP contribution in [0.15, 0.2) is 32.0 Å². The fourth-order valence-electron chi connectivity index (χ4n) is 1.15. The van der Waals surface area contributed by atoms with Crippen molar-refractivity contribution in [3.8, 4) is 0 Å². The molecule has 1 aromatic carbocycles. The number of rotatable bonds is 0. The Labute approximate surface area is 94.2 Å². The minimum Gasteiger partial charge on any atom is -0.329 e. The Balaban J connectivity index is 2.79. The van der Waals surface area contributed by atoms with Gasteiger partial charge in [-0.25, -0.2) is 0 Å². The van der Waals surface area contributed by atoms with E-state index in [9.17, 15) is 8.42 Å². The average molecular weight is 296 g/mol. The third-order valence-electron chi connectivity index (χ3n) is 1.66. The molecule has 0 unspecified atom stereocenters. The van der Waals surface area contributed by atoms with Crippen molar-refractivity contribution in [1.29, 1.82) is 0 Å². The Morgan fingerprint density at radius 3 is 2.86 bits per heavy atom. The summed E-state index contributed by atoms with van der Waals surface area (Å²) in [5.74, 6) is 0. The Morgan fingerprint density at radius 2 is 2.14 bits per heavy atom. The highest BCUT2D eigenvalue weighted by Crippen LogP contribution is 2.33. The average Bonchev–Trinajstić information content (AvgIpc) is 2.00. The van der Waals surface area contributed by atoms with Crippen LogP contribution < -0.4 is 5.32 Å². The highest BCUT2D eigenvalue weighted by Gasteiger charge is 2.26. The van der Waals surface area contributed by atoms with Gasteiger partial charge < -0.3 is 5.32 Å². The molecular weight excluding hydrogens is 292 g/mol. The second kappa shape index (κ2) is 3.22. The van der Waals surface area contributed by atoms with E-state index in [0.29, 0.717) is 10.2 Å². The molecule has 1 aliphatic heterocycles. The number of fused-ring (bicyclic) bond motifs is 1. The zero-order valence-corrected chi connectivity index (χ0v) is 9.82. The summed E-state index contributed by atoms with van der Waals surface area (Å²) < 4.78 is 26.9. The summed E-state index contributed by atoms with van der Waals surface area (Å²) in [6.45, 7) is 0. The fourth-order valence-corrected chi connectivity index (χ4v) is 3.57. The van der Waals surface area contributed by atoms with Crippen LogP contribution in [0.5, 0.6) is 0 Å². The summed E-state index contributed by atoms with van der Waals surface area (Å²) in [7, 11) is -3.68. The summed E-state index contributed by atoms with van der Waals surface area (Å²) in [6, 6.07) is 4.96. The van der Waals surface area contributed by atoms with Gasteiger partial charge in [0.15, 0.2) is 0 Å². The van der Waals surface area contributed by atoms with Gasteiger partial charge in [-0.1, -0.05) is 6.07 Å². The van der Waals surface area contributed by atoms with Gasteiger partial charge in [-0.2, -0.15) is 8.42 Å². The Morgan fingerprint density at radius 1 is 1.43 bits per heavy atom. The van der Waals surface area contributed by atoms with Crippen molar-refractivity contribution in [1.82, 2.24) is 0 Å². The number of sulfonamides is 1. The quantitative estimate of drug-likeness (QED) is 0.746. The molecule has 4 nitrogen and oxygen atoms in total. The number of anilines is 1. The second-order valence-electron chi connectivity index (χ2n) is 2.60. The molecule has 1 aromatic rings. The van der Waals surface area contributed by atoms with E-state index >= 15 is 0 Å². The first-order chi connectivity index (χ1) is 6.50. The molecule has 1 N–H and O–H groups in total. The van der Waals surface area contributed by atoms with E-state index in [0.717, 1.165) is 0 Å². The molecule has 0 saturated carbocycles. The highest BCUT2D eigenvalue weighted by atomic mass is 79.9. The molecule has 1 heterocycles. The first kappa shape index (κ1) is 9.95. The maximum Gasteiger partial charge on any atom is 0.288 e. The van der Waals surface area contributed by atoms with Gasteiger partial charge in [-0.05, 0) is 39.7 Å². The van der Waals surface area contributed by atoms with Crippen LogP contribution in [0, 0.1) is 0 Å². The Kier molecular flexibility index (Phi) is 2.29. The van der Waals surface area contributed by atoms with Crippen LogP contribution in [0.2, 0.25) is 0 Å². The molecule has 74 valence electrons. The molecule has 0 radical (unpaired) electrons. The van der Waals surface area contributed by atoms with Crippen LogP contribution in [0.1, 0.15) is 0 Å². The second-order valence-corrected chi connectivity index (χ2v) is 5.35. The van der Waals surface area contributed by atoms with Gasteiger partial charge in [0.05, 0.1) is 5.69 Å².